The van der Waals surface area contributed by atoms with Crippen molar-refractivity contribution in [2.45, 2.75) is 12.7 Å². The second kappa shape index (κ2) is 5.15. The zero-order chi connectivity index (χ0) is 16.8. The number of hydrogen-bond acceptors (Lipinski definition) is 3. The maximum atomic E-state index is 12.7. The van der Waals surface area contributed by atoms with Gasteiger partial charge in [0.1, 0.15) is 6.54 Å². The van der Waals surface area contributed by atoms with Crippen molar-refractivity contribution in [3.05, 3.63) is 47.1 Å². The Kier molecular flexibility index (Phi) is 3.39. The maximum absolute atomic E-state index is 12.7. The van der Waals surface area contributed by atoms with Crippen LogP contribution in [0.25, 0.3) is 22.2 Å². The molecule has 0 spiro atoms. The van der Waals surface area contributed by atoms with Gasteiger partial charge in [0.2, 0.25) is 0 Å². The van der Waals surface area contributed by atoms with Crippen LogP contribution in [0.2, 0.25) is 0 Å². The first kappa shape index (κ1) is 15.1. The molecular weight excluding hydrogens is 309 g/mol. The molecule has 2 N–H and O–H groups in total. The average molecular weight is 322 g/mol. The van der Waals surface area contributed by atoms with Gasteiger partial charge in [-0.3, -0.25) is 14.1 Å². The van der Waals surface area contributed by atoms with Crippen molar-refractivity contribution < 1.29 is 13.2 Å². The molecule has 5 nitrogen and oxygen atoms in total. The first-order valence-electron chi connectivity index (χ1n) is 6.74. The van der Waals surface area contributed by atoms with E-state index in [1.54, 1.807) is 30.6 Å². The smallest absolute Gasteiger partial charge is 0.398 e. The Morgan fingerprint density at radius 1 is 1.22 bits per heavy atom. The Morgan fingerprint density at radius 2 is 1.96 bits per heavy atom. The lowest BCUT2D eigenvalue weighted by Crippen LogP contribution is -2.28. The van der Waals surface area contributed by atoms with Crippen molar-refractivity contribution in [1.29, 1.82) is 0 Å². The van der Waals surface area contributed by atoms with Crippen molar-refractivity contribution in [3.8, 4) is 11.1 Å². The van der Waals surface area contributed by atoms with Gasteiger partial charge in [0.25, 0.3) is 0 Å². The SMILES string of the molecule is Cn1c(=O)n(CC(F)(F)F)c2ccc(-c3cnccc3N)cc21. The predicted molar refractivity (Wildman–Crippen MR) is 80.9 cm³/mol. The van der Waals surface area contributed by atoms with Crippen molar-refractivity contribution in [2.24, 2.45) is 7.05 Å². The van der Waals surface area contributed by atoms with E-state index >= 15 is 0 Å². The van der Waals surface area contributed by atoms with E-state index in [0.29, 0.717) is 26.9 Å². The fraction of sp³-hybridized carbons (Fsp3) is 0.200. The van der Waals surface area contributed by atoms with Crippen molar-refractivity contribution in [1.82, 2.24) is 14.1 Å². The molecule has 120 valence electrons. The molecule has 0 aliphatic carbocycles. The maximum Gasteiger partial charge on any atom is 0.406 e. The fourth-order valence-corrected chi connectivity index (χ4v) is 2.55. The number of rotatable bonds is 2. The number of anilines is 1. The normalized spacial score (nSPS) is 12.0. The molecule has 0 amide bonds. The Labute approximate surface area is 128 Å². The molecule has 8 heteroatoms. The largest absolute Gasteiger partial charge is 0.406 e. The number of aromatic nitrogens is 3. The molecule has 0 bridgehead atoms. The van der Waals surface area contributed by atoms with E-state index in [1.165, 1.54) is 17.7 Å². The van der Waals surface area contributed by atoms with E-state index < -0.39 is 18.4 Å². The number of nitrogens with two attached hydrogens (primary N) is 1. The minimum absolute atomic E-state index is 0.223. The molecule has 0 fully saturated rings. The molecule has 0 atom stereocenters. The molecule has 0 radical (unpaired) electrons. The van der Waals surface area contributed by atoms with Crippen LogP contribution in [-0.4, -0.2) is 20.3 Å². The first-order chi connectivity index (χ1) is 10.8. The summed E-state index contributed by atoms with van der Waals surface area (Å²) in [7, 11) is 1.44. The number of fused-ring (bicyclic) bond motifs is 1. The van der Waals surface area contributed by atoms with E-state index in [-0.39, 0.29) is 5.52 Å². The van der Waals surface area contributed by atoms with Crippen LogP contribution in [0.1, 0.15) is 0 Å². The van der Waals surface area contributed by atoms with Crippen molar-refractivity contribution in [3.63, 3.8) is 0 Å². The lowest BCUT2D eigenvalue weighted by Gasteiger charge is -2.08. The molecular formula is C15H13F3N4O. The molecule has 0 saturated carbocycles. The summed E-state index contributed by atoms with van der Waals surface area (Å²) in [5.41, 5.74) is 7.64. The molecule has 0 saturated heterocycles. The topological polar surface area (TPSA) is 65.8 Å². The number of aryl methyl sites for hydroxylation is 1. The number of pyridine rings is 1. The molecule has 3 rings (SSSR count). The summed E-state index contributed by atoms with van der Waals surface area (Å²) in [5.74, 6) is 0. The van der Waals surface area contributed by atoms with Gasteiger partial charge in [0.05, 0.1) is 11.0 Å². The summed E-state index contributed by atoms with van der Waals surface area (Å²) in [6.45, 7) is -1.32. The van der Waals surface area contributed by atoms with Crippen LogP contribution >= 0.6 is 0 Å². The lowest BCUT2D eigenvalue weighted by molar-refractivity contribution is -0.140. The Bertz CT molecular complexity index is 940. The van der Waals surface area contributed by atoms with E-state index in [2.05, 4.69) is 4.98 Å². The van der Waals surface area contributed by atoms with E-state index in [9.17, 15) is 18.0 Å². The number of nitrogens with zero attached hydrogens (tertiary/aromatic N) is 3. The van der Waals surface area contributed by atoms with Gasteiger partial charge in [-0.05, 0) is 23.8 Å². The molecule has 1 aromatic carbocycles. The monoisotopic (exact) mass is 322 g/mol. The van der Waals surface area contributed by atoms with Crippen molar-refractivity contribution in [2.75, 3.05) is 5.73 Å². The Hall–Kier alpha value is -2.77. The van der Waals surface area contributed by atoms with E-state index in [1.807, 2.05) is 0 Å². The number of hydrogen-bond donors (Lipinski definition) is 1. The van der Waals surface area contributed by atoms with Crippen LogP contribution in [0.4, 0.5) is 18.9 Å². The lowest BCUT2D eigenvalue weighted by atomic mass is 10.1. The third-order valence-electron chi connectivity index (χ3n) is 3.65. The average Bonchev–Trinajstić information content (AvgIpc) is 2.71. The quantitative estimate of drug-likeness (QED) is 0.788. The van der Waals surface area contributed by atoms with Crippen LogP contribution in [0.5, 0.6) is 0 Å². The predicted octanol–water partition coefficient (Wildman–Crippen LogP) is 2.55. The highest BCUT2D eigenvalue weighted by atomic mass is 19.4. The van der Waals surface area contributed by atoms with Crippen molar-refractivity contribution >= 4 is 16.7 Å². The van der Waals surface area contributed by atoms with Crippen LogP contribution in [0.3, 0.4) is 0 Å². The van der Waals surface area contributed by atoms with E-state index in [0.717, 1.165) is 0 Å². The third kappa shape index (κ3) is 2.67. The molecule has 2 aromatic heterocycles. The Morgan fingerprint density at radius 3 is 2.61 bits per heavy atom. The van der Waals surface area contributed by atoms with Gasteiger partial charge >= 0.3 is 11.9 Å². The minimum atomic E-state index is -4.47. The molecule has 0 aliphatic heterocycles. The molecule has 23 heavy (non-hydrogen) atoms. The summed E-state index contributed by atoms with van der Waals surface area (Å²) in [6.07, 6.45) is -1.35. The Balaban J connectivity index is 2.21. The number of imidazole rings is 1. The standard InChI is InChI=1S/C15H13F3N4O/c1-21-13-6-9(10-7-20-5-4-11(10)19)2-3-12(13)22(14(21)23)8-15(16,17)18/h2-7H,8H2,1H3,(H2,19,20). The first-order valence-corrected chi connectivity index (χ1v) is 6.74. The summed E-state index contributed by atoms with van der Waals surface area (Å²) < 4.78 is 39.9. The van der Waals surface area contributed by atoms with Gasteiger partial charge in [-0.15, -0.1) is 0 Å². The van der Waals surface area contributed by atoms with Crippen LogP contribution < -0.4 is 11.4 Å². The van der Waals surface area contributed by atoms with Gasteiger partial charge in [-0.25, -0.2) is 4.79 Å². The fourth-order valence-electron chi connectivity index (χ4n) is 2.55. The summed E-state index contributed by atoms with van der Waals surface area (Å²) in [6, 6.07) is 6.39. The summed E-state index contributed by atoms with van der Waals surface area (Å²) >= 11 is 0. The number of alkyl halides is 3. The van der Waals surface area contributed by atoms with Gasteiger partial charge in [-0.2, -0.15) is 13.2 Å². The van der Waals surface area contributed by atoms with Gasteiger partial charge in [0.15, 0.2) is 0 Å². The number of nitrogen functional groups attached to an aromatic ring is 1. The van der Waals surface area contributed by atoms with Gasteiger partial charge < -0.3 is 5.73 Å². The van der Waals surface area contributed by atoms with Crippen LogP contribution in [0.15, 0.2) is 41.5 Å². The van der Waals surface area contributed by atoms with Crippen LogP contribution in [-0.2, 0) is 13.6 Å². The molecule has 2 heterocycles. The highest BCUT2D eigenvalue weighted by Crippen LogP contribution is 2.28. The number of halogens is 3. The van der Waals surface area contributed by atoms with Gasteiger partial charge in [-0.1, -0.05) is 6.07 Å². The summed E-state index contributed by atoms with van der Waals surface area (Å²) in [4.78, 5) is 16.1. The highest BCUT2D eigenvalue weighted by molar-refractivity contribution is 5.85. The minimum Gasteiger partial charge on any atom is -0.398 e. The highest BCUT2D eigenvalue weighted by Gasteiger charge is 2.30. The zero-order valence-electron chi connectivity index (χ0n) is 12.1. The van der Waals surface area contributed by atoms with Gasteiger partial charge in [0, 0.05) is 30.7 Å². The second-order valence-electron chi connectivity index (χ2n) is 5.21. The third-order valence-corrected chi connectivity index (χ3v) is 3.65. The summed E-state index contributed by atoms with van der Waals surface area (Å²) in [5, 5.41) is 0. The molecule has 0 aliphatic rings. The molecule has 3 aromatic rings. The van der Waals surface area contributed by atoms with Crippen LogP contribution in [0, 0.1) is 0 Å². The molecule has 0 unspecified atom stereocenters. The van der Waals surface area contributed by atoms with E-state index in [4.69, 9.17) is 5.73 Å². The zero-order valence-corrected chi connectivity index (χ0v) is 12.1. The number of benzene rings is 1. The second-order valence-corrected chi connectivity index (χ2v) is 5.21.